The lowest BCUT2D eigenvalue weighted by Gasteiger charge is -2.16. The van der Waals surface area contributed by atoms with Crippen LogP contribution in [0.4, 0.5) is 0 Å². The maximum atomic E-state index is 12.6. The number of rotatable bonds is 4. The molecule has 1 saturated heterocycles. The van der Waals surface area contributed by atoms with E-state index in [9.17, 15) is 9.59 Å². The maximum absolute atomic E-state index is 12.6. The Bertz CT molecular complexity index is 764. The molecule has 2 aromatic rings. The van der Waals surface area contributed by atoms with E-state index in [2.05, 4.69) is 15.6 Å². The van der Waals surface area contributed by atoms with Gasteiger partial charge in [0, 0.05) is 17.8 Å². The zero-order valence-corrected chi connectivity index (χ0v) is 14.3. The number of nitrogens with one attached hydrogen (secondary N) is 2. The monoisotopic (exact) mass is 359 g/mol. The average molecular weight is 360 g/mol. The lowest BCUT2D eigenvalue weighted by Crippen LogP contribution is -2.45. The number of benzene rings is 1. The Labute approximate surface area is 150 Å². The largest absolute Gasteiger partial charge is 0.438 e. The van der Waals surface area contributed by atoms with E-state index in [0.717, 1.165) is 12.8 Å². The first kappa shape index (κ1) is 17.2. The molecule has 1 aliphatic heterocycles. The van der Waals surface area contributed by atoms with Crippen LogP contribution in [0.15, 0.2) is 42.6 Å². The molecule has 1 fully saturated rings. The standard InChI is InChI=1S/C18H18ClN3O3/c19-12-6-8-13(9-7-12)25-18-14(4-3-11-21-18)16(23)22-15-5-1-2-10-20-17(15)24/h3-4,6-9,11,15H,1-2,5,10H2,(H,20,24)(H,22,23)/t15-/m0/s1. The number of pyridine rings is 1. The lowest BCUT2D eigenvalue weighted by atomic mass is 10.1. The van der Waals surface area contributed by atoms with Crippen molar-refractivity contribution in [3.8, 4) is 11.6 Å². The fourth-order valence-electron chi connectivity index (χ4n) is 2.57. The second kappa shape index (κ2) is 7.98. The number of hydrogen-bond acceptors (Lipinski definition) is 4. The van der Waals surface area contributed by atoms with Crippen molar-refractivity contribution < 1.29 is 14.3 Å². The summed E-state index contributed by atoms with van der Waals surface area (Å²) in [6.07, 6.45) is 3.95. The SMILES string of the molecule is O=C(N[C@H]1CCCCNC1=O)c1cccnc1Oc1ccc(Cl)cc1. The van der Waals surface area contributed by atoms with Crippen LogP contribution in [-0.2, 0) is 4.79 Å². The molecule has 0 saturated carbocycles. The fraction of sp³-hybridized carbons (Fsp3) is 0.278. The zero-order chi connectivity index (χ0) is 17.6. The molecule has 2 N–H and O–H groups in total. The Kier molecular flexibility index (Phi) is 5.50. The van der Waals surface area contributed by atoms with Crippen LogP contribution < -0.4 is 15.4 Å². The van der Waals surface area contributed by atoms with Crippen molar-refractivity contribution in [2.24, 2.45) is 0 Å². The molecular weight excluding hydrogens is 342 g/mol. The first-order valence-corrected chi connectivity index (χ1v) is 8.48. The van der Waals surface area contributed by atoms with Crippen molar-refractivity contribution in [3.05, 3.63) is 53.2 Å². The molecule has 1 aromatic heterocycles. The fourth-order valence-corrected chi connectivity index (χ4v) is 2.70. The first-order valence-electron chi connectivity index (χ1n) is 8.10. The van der Waals surface area contributed by atoms with Crippen LogP contribution in [0.2, 0.25) is 5.02 Å². The normalized spacial score (nSPS) is 17.3. The van der Waals surface area contributed by atoms with Crippen molar-refractivity contribution in [2.45, 2.75) is 25.3 Å². The van der Waals surface area contributed by atoms with Gasteiger partial charge in [-0.1, -0.05) is 11.6 Å². The van der Waals surface area contributed by atoms with Gasteiger partial charge >= 0.3 is 0 Å². The number of ether oxygens (including phenoxy) is 1. The van der Waals surface area contributed by atoms with Crippen LogP contribution in [0.5, 0.6) is 11.6 Å². The molecular formula is C18H18ClN3O3. The van der Waals surface area contributed by atoms with Crippen molar-refractivity contribution in [2.75, 3.05) is 6.54 Å². The zero-order valence-electron chi connectivity index (χ0n) is 13.5. The van der Waals surface area contributed by atoms with Crippen LogP contribution >= 0.6 is 11.6 Å². The van der Waals surface area contributed by atoms with Crippen LogP contribution in [0.25, 0.3) is 0 Å². The smallest absolute Gasteiger partial charge is 0.257 e. The lowest BCUT2D eigenvalue weighted by molar-refractivity contribution is -0.122. The third-order valence-electron chi connectivity index (χ3n) is 3.88. The topological polar surface area (TPSA) is 80.3 Å². The average Bonchev–Trinajstić information content (AvgIpc) is 2.82. The molecule has 6 nitrogen and oxygen atoms in total. The summed E-state index contributed by atoms with van der Waals surface area (Å²) >= 11 is 5.86. The second-order valence-electron chi connectivity index (χ2n) is 5.72. The highest BCUT2D eigenvalue weighted by atomic mass is 35.5. The summed E-state index contributed by atoms with van der Waals surface area (Å²) in [5.41, 5.74) is 0.273. The minimum atomic E-state index is -0.543. The molecule has 0 aliphatic carbocycles. The van der Waals surface area contributed by atoms with Crippen molar-refractivity contribution in [1.82, 2.24) is 15.6 Å². The van der Waals surface area contributed by atoms with Gasteiger partial charge in [-0.25, -0.2) is 4.98 Å². The Morgan fingerprint density at radius 1 is 1.24 bits per heavy atom. The summed E-state index contributed by atoms with van der Waals surface area (Å²) in [4.78, 5) is 28.7. The Hall–Kier alpha value is -2.60. The van der Waals surface area contributed by atoms with Gasteiger partial charge in [-0.3, -0.25) is 9.59 Å². The van der Waals surface area contributed by atoms with Crippen molar-refractivity contribution in [1.29, 1.82) is 0 Å². The van der Waals surface area contributed by atoms with Gasteiger partial charge in [0.05, 0.1) is 0 Å². The molecule has 1 atom stereocenters. The van der Waals surface area contributed by atoms with E-state index in [0.29, 0.717) is 23.7 Å². The molecule has 130 valence electrons. The van der Waals surface area contributed by atoms with Crippen molar-refractivity contribution in [3.63, 3.8) is 0 Å². The van der Waals surface area contributed by atoms with E-state index in [1.165, 1.54) is 0 Å². The van der Waals surface area contributed by atoms with E-state index < -0.39 is 6.04 Å². The minimum Gasteiger partial charge on any atom is -0.438 e. The van der Waals surface area contributed by atoms with Gasteiger partial charge in [-0.05, 0) is 55.7 Å². The maximum Gasteiger partial charge on any atom is 0.257 e. The second-order valence-corrected chi connectivity index (χ2v) is 6.16. The molecule has 2 amide bonds. The highest BCUT2D eigenvalue weighted by Gasteiger charge is 2.24. The van der Waals surface area contributed by atoms with E-state index in [1.807, 2.05) is 0 Å². The van der Waals surface area contributed by atoms with Gasteiger partial charge in [0.1, 0.15) is 17.4 Å². The molecule has 0 spiro atoms. The summed E-state index contributed by atoms with van der Waals surface area (Å²) in [5, 5.41) is 6.15. The van der Waals surface area contributed by atoms with Crippen molar-refractivity contribution >= 4 is 23.4 Å². The summed E-state index contributed by atoms with van der Waals surface area (Å²) in [6.45, 7) is 0.642. The third kappa shape index (κ3) is 4.48. The number of hydrogen-bond donors (Lipinski definition) is 2. The summed E-state index contributed by atoms with van der Waals surface area (Å²) in [7, 11) is 0. The van der Waals surface area contributed by atoms with Gasteiger partial charge in [0.15, 0.2) is 0 Å². The number of carbonyl (C=O) groups is 2. The van der Waals surface area contributed by atoms with E-state index in [1.54, 1.807) is 42.6 Å². The molecule has 0 radical (unpaired) electrons. The number of nitrogens with zero attached hydrogens (tertiary/aromatic N) is 1. The van der Waals surface area contributed by atoms with Gasteiger partial charge in [0.25, 0.3) is 5.91 Å². The number of aromatic nitrogens is 1. The number of carbonyl (C=O) groups excluding carboxylic acids is 2. The minimum absolute atomic E-state index is 0.157. The molecule has 0 bridgehead atoms. The quantitative estimate of drug-likeness (QED) is 0.879. The first-order chi connectivity index (χ1) is 12.1. The van der Waals surface area contributed by atoms with E-state index >= 15 is 0 Å². The van der Waals surface area contributed by atoms with E-state index in [-0.39, 0.29) is 23.3 Å². The highest BCUT2D eigenvalue weighted by Crippen LogP contribution is 2.24. The van der Waals surface area contributed by atoms with Gasteiger partial charge in [0.2, 0.25) is 11.8 Å². The predicted molar refractivity (Wildman–Crippen MR) is 93.9 cm³/mol. The molecule has 2 heterocycles. The number of halogens is 1. The molecule has 25 heavy (non-hydrogen) atoms. The molecule has 1 aromatic carbocycles. The number of amides is 2. The Balaban J connectivity index is 1.76. The molecule has 3 rings (SSSR count). The highest BCUT2D eigenvalue weighted by molar-refractivity contribution is 6.30. The van der Waals surface area contributed by atoms with Crippen LogP contribution in [0, 0.1) is 0 Å². The molecule has 7 heteroatoms. The van der Waals surface area contributed by atoms with Gasteiger partial charge in [-0.15, -0.1) is 0 Å². The summed E-state index contributed by atoms with van der Waals surface area (Å²) < 4.78 is 5.70. The summed E-state index contributed by atoms with van der Waals surface area (Å²) in [5.74, 6) is 0.148. The Morgan fingerprint density at radius 2 is 2.04 bits per heavy atom. The van der Waals surface area contributed by atoms with Crippen LogP contribution in [0.1, 0.15) is 29.6 Å². The Morgan fingerprint density at radius 3 is 2.84 bits per heavy atom. The summed E-state index contributed by atoms with van der Waals surface area (Å²) in [6, 6.07) is 9.48. The third-order valence-corrected chi connectivity index (χ3v) is 4.14. The van der Waals surface area contributed by atoms with E-state index in [4.69, 9.17) is 16.3 Å². The molecule has 0 unspecified atom stereocenters. The van der Waals surface area contributed by atoms with Gasteiger partial charge in [-0.2, -0.15) is 0 Å². The van der Waals surface area contributed by atoms with Gasteiger partial charge < -0.3 is 15.4 Å². The predicted octanol–water partition coefficient (Wildman–Crippen LogP) is 2.93. The van der Waals surface area contributed by atoms with Crippen LogP contribution in [0.3, 0.4) is 0 Å². The van der Waals surface area contributed by atoms with Crippen LogP contribution in [-0.4, -0.2) is 29.4 Å². The molecule has 1 aliphatic rings.